The number of rotatable bonds is 7. The standard InChI is InChI=1S/C20H30N2O5S/c1-5-26-18(23)15-13(4)16(19(24)27-11-12(2)3)28-17(15)22-20(25)21-14-9-7-6-8-10-14/h12,14H,5-11H2,1-4H3,(H2,21,22,25). The van der Waals surface area contributed by atoms with E-state index in [2.05, 4.69) is 10.6 Å². The van der Waals surface area contributed by atoms with Gasteiger partial charge in [-0.15, -0.1) is 11.3 Å². The van der Waals surface area contributed by atoms with Crippen LogP contribution in [0.4, 0.5) is 9.80 Å². The zero-order chi connectivity index (χ0) is 20.7. The number of ether oxygens (including phenoxy) is 2. The Bertz CT molecular complexity index is 708. The number of amides is 2. The van der Waals surface area contributed by atoms with Gasteiger partial charge in [-0.1, -0.05) is 33.1 Å². The molecule has 2 N–H and O–H groups in total. The van der Waals surface area contributed by atoms with E-state index in [1.54, 1.807) is 13.8 Å². The van der Waals surface area contributed by atoms with Gasteiger partial charge in [0, 0.05) is 6.04 Å². The van der Waals surface area contributed by atoms with Gasteiger partial charge < -0.3 is 14.8 Å². The Labute approximate surface area is 170 Å². The normalized spacial score (nSPS) is 14.6. The van der Waals surface area contributed by atoms with Gasteiger partial charge in [0.25, 0.3) is 0 Å². The van der Waals surface area contributed by atoms with Crippen LogP contribution in [0, 0.1) is 12.8 Å². The smallest absolute Gasteiger partial charge is 0.348 e. The van der Waals surface area contributed by atoms with E-state index < -0.39 is 11.9 Å². The first-order valence-corrected chi connectivity index (χ1v) is 10.7. The number of nitrogens with one attached hydrogen (secondary N) is 2. The topological polar surface area (TPSA) is 93.7 Å². The van der Waals surface area contributed by atoms with E-state index in [0.717, 1.165) is 37.0 Å². The van der Waals surface area contributed by atoms with Gasteiger partial charge >= 0.3 is 18.0 Å². The van der Waals surface area contributed by atoms with Crippen molar-refractivity contribution in [1.29, 1.82) is 0 Å². The number of thiophene rings is 1. The first kappa shape index (κ1) is 22.2. The van der Waals surface area contributed by atoms with Crippen LogP contribution in [-0.2, 0) is 9.47 Å². The predicted molar refractivity (Wildman–Crippen MR) is 109 cm³/mol. The summed E-state index contributed by atoms with van der Waals surface area (Å²) in [6.45, 7) is 7.76. The van der Waals surface area contributed by atoms with Crippen molar-refractivity contribution in [3.05, 3.63) is 16.0 Å². The molecular formula is C20H30N2O5S. The number of urea groups is 1. The van der Waals surface area contributed by atoms with Crippen molar-refractivity contribution in [2.45, 2.75) is 65.8 Å². The van der Waals surface area contributed by atoms with Gasteiger partial charge in [0.2, 0.25) is 0 Å². The zero-order valence-electron chi connectivity index (χ0n) is 17.1. The fraction of sp³-hybridized carbons (Fsp3) is 0.650. The van der Waals surface area contributed by atoms with Crippen molar-refractivity contribution >= 4 is 34.3 Å². The molecule has 1 aromatic heterocycles. The van der Waals surface area contributed by atoms with Gasteiger partial charge in [-0.25, -0.2) is 14.4 Å². The van der Waals surface area contributed by atoms with Gasteiger partial charge in [0.15, 0.2) is 0 Å². The molecule has 0 aliphatic heterocycles. The van der Waals surface area contributed by atoms with Crippen molar-refractivity contribution in [1.82, 2.24) is 5.32 Å². The van der Waals surface area contributed by atoms with E-state index in [-0.39, 0.29) is 36.8 Å². The van der Waals surface area contributed by atoms with Gasteiger partial charge in [-0.3, -0.25) is 5.32 Å². The Morgan fingerprint density at radius 3 is 2.39 bits per heavy atom. The molecule has 0 spiro atoms. The Morgan fingerprint density at radius 1 is 1.11 bits per heavy atom. The molecule has 0 aromatic carbocycles. The highest BCUT2D eigenvalue weighted by atomic mass is 32.1. The molecule has 156 valence electrons. The average molecular weight is 411 g/mol. The van der Waals surface area contributed by atoms with Gasteiger partial charge in [-0.2, -0.15) is 0 Å². The largest absolute Gasteiger partial charge is 0.462 e. The van der Waals surface area contributed by atoms with Crippen LogP contribution < -0.4 is 10.6 Å². The van der Waals surface area contributed by atoms with Gasteiger partial charge in [0.05, 0.1) is 18.8 Å². The first-order valence-electron chi connectivity index (χ1n) is 9.88. The third-order valence-corrected chi connectivity index (χ3v) is 5.71. The number of carbonyl (C=O) groups is 3. The van der Waals surface area contributed by atoms with Crippen molar-refractivity contribution in [2.24, 2.45) is 5.92 Å². The highest BCUT2D eigenvalue weighted by Crippen LogP contribution is 2.34. The van der Waals surface area contributed by atoms with Crippen LogP contribution in [0.25, 0.3) is 0 Å². The van der Waals surface area contributed by atoms with E-state index in [1.807, 2.05) is 13.8 Å². The molecule has 1 heterocycles. The van der Waals surface area contributed by atoms with Crippen LogP contribution in [0.5, 0.6) is 0 Å². The first-order chi connectivity index (χ1) is 13.3. The van der Waals surface area contributed by atoms with E-state index in [4.69, 9.17) is 9.47 Å². The lowest BCUT2D eigenvalue weighted by Crippen LogP contribution is -2.39. The van der Waals surface area contributed by atoms with E-state index >= 15 is 0 Å². The summed E-state index contributed by atoms with van der Waals surface area (Å²) in [5.74, 6) is -0.859. The molecule has 8 heteroatoms. The highest BCUT2D eigenvalue weighted by molar-refractivity contribution is 7.18. The molecule has 0 saturated heterocycles. The van der Waals surface area contributed by atoms with Crippen LogP contribution in [0.15, 0.2) is 0 Å². The van der Waals surface area contributed by atoms with Crippen molar-refractivity contribution in [3.8, 4) is 0 Å². The Morgan fingerprint density at radius 2 is 1.79 bits per heavy atom. The van der Waals surface area contributed by atoms with Gasteiger partial charge in [0.1, 0.15) is 9.88 Å². The molecule has 1 aliphatic rings. The Hall–Kier alpha value is -2.09. The highest BCUT2D eigenvalue weighted by Gasteiger charge is 2.28. The molecule has 1 saturated carbocycles. The van der Waals surface area contributed by atoms with E-state index in [9.17, 15) is 14.4 Å². The van der Waals surface area contributed by atoms with Crippen LogP contribution in [-0.4, -0.2) is 37.2 Å². The lowest BCUT2D eigenvalue weighted by molar-refractivity contribution is 0.0464. The summed E-state index contributed by atoms with van der Waals surface area (Å²) in [6.07, 6.45) is 5.30. The number of anilines is 1. The lowest BCUT2D eigenvalue weighted by atomic mass is 9.96. The van der Waals surface area contributed by atoms with Crippen molar-refractivity contribution in [3.63, 3.8) is 0 Å². The molecule has 1 aliphatic carbocycles. The minimum atomic E-state index is -0.563. The summed E-state index contributed by atoms with van der Waals surface area (Å²) in [5.41, 5.74) is 0.673. The fourth-order valence-corrected chi connectivity index (χ4v) is 4.21. The summed E-state index contributed by atoms with van der Waals surface area (Å²) in [6, 6.07) is -0.239. The van der Waals surface area contributed by atoms with Crippen LogP contribution >= 0.6 is 11.3 Å². The third-order valence-electron chi connectivity index (χ3n) is 4.53. The SMILES string of the molecule is CCOC(=O)c1c(NC(=O)NC2CCCCC2)sc(C(=O)OCC(C)C)c1C. The third kappa shape index (κ3) is 5.95. The summed E-state index contributed by atoms with van der Waals surface area (Å²) >= 11 is 1.04. The Kier molecular flexibility index (Phi) is 8.29. The summed E-state index contributed by atoms with van der Waals surface area (Å²) in [4.78, 5) is 37.6. The summed E-state index contributed by atoms with van der Waals surface area (Å²) < 4.78 is 10.4. The number of hydrogen-bond acceptors (Lipinski definition) is 6. The van der Waals surface area contributed by atoms with Crippen molar-refractivity contribution < 1.29 is 23.9 Å². The number of hydrogen-bond donors (Lipinski definition) is 2. The predicted octanol–water partition coefficient (Wildman–Crippen LogP) is 4.50. The second kappa shape index (κ2) is 10.5. The van der Waals surface area contributed by atoms with Crippen molar-refractivity contribution in [2.75, 3.05) is 18.5 Å². The second-order valence-corrected chi connectivity index (χ2v) is 8.43. The van der Waals surface area contributed by atoms with Crippen LogP contribution in [0.1, 0.15) is 78.5 Å². The summed E-state index contributed by atoms with van der Waals surface area (Å²) in [7, 11) is 0. The molecule has 0 atom stereocenters. The maximum atomic E-state index is 12.4. The average Bonchev–Trinajstić information content (AvgIpc) is 2.96. The molecule has 1 aromatic rings. The Balaban J connectivity index is 2.19. The number of carbonyl (C=O) groups excluding carboxylic acids is 3. The van der Waals surface area contributed by atoms with Crippen LogP contribution in [0.2, 0.25) is 0 Å². The molecule has 2 amide bonds. The quantitative estimate of drug-likeness (QED) is 0.646. The van der Waals surface area contributed by atoms with Crippen LogP contribution in [0.3, 0.4) is 0 Å². The summed E-state index contributed by atoms with van der Waals surface area (Å²) in [5, 5.41) is 6.00. The minimum absolute atomic E-state index is 0.135. The maximum Gasteiger partial charge on any atom is 0.348 e. The monoisotopic (exact) mass is 410 g/mol. The zero-order valence-corrected chi connectivity index (χ0v) is 17.9. The molecule has 1 fully saturated rings. The van der Waals surface area contributed by atoms with E-state index in [0.29, 0.717) is 15.4 Å². The van der Waals surface area contributed by atoms with Gasteiger partial charge in [-0.05, 0) is 38.2 Å². The minimum Gasteiger partial charge on any atom is -0.462 e. The maximum absolute atomic E-state index is 12.4. The molecule has 0 unspecified atom stereocenters. The van der Waals surface area contributed by atoms with E-state index in [1.165, 1.54) is 6.42 Å². The molecule has 0 radical (unpaired) electrons. The molecular weight excluding hydrogens is 380 g/mol. The molecule has 7 nitrogen and oxygen atoms in total. The fourth-order valence-electron chi connectivity index (χ4n) is 3.12. The molecule has 28 heavy (non-hydrogen) atoms. The lowest BCUT2D eigenvalue weighted by Gasteiger charge is -2.22. The molecule has 0 bridgehead atoms. The number of esters is 2. The second-order valence-electron chi connectivity index (χ2n) is 7.41. The molecule has 2 rings (SSSR count).